The minimum Gasteiger partial charge on any atom is -0.398 e. The molecule has 0 unspecified atom stereocenters. The zero-order valence-corrected chi connectivity index (χ0v) is 9.85. The van der Waals surface area contributed by atoms with E-state index in [1.54, 1.807) is 0 Å². The van der Waals surface area contributed by atoms with Crippen LogP contribution < -0.4 is 5.73 Å². The fraction of sp³-hybridized carbons (Fsp3) is 0.0625. The second-order valence-electron chi connectivity index (χ2n) is 4.70. The number of allylic oxidation sites excluding steroid dienone is 4. The average molecular weight is 232 g/mol. The van der Waals surface area contributed by atoms with E-state index < -0.39 is 0 Å². The number of nitrogens with zero attached hydrogens (tertiary/aromatic N) is 1. The van der Waals surface area contributed by atoms with Gasteiger partial charge in [0.15, 0.2) is 0 Å². The Morgan fingerprint density at radius 2 is 1.83 bits per heavy atom. The van der Waals surface area contributed by atoms with Crippen LogP contribution in [0.1, 0.15) is 22.4 Å². The molecule has 2 N–H and O–H groups in total. The van der Waals surface area contributed by atoms with E-state index in [4.69, 9.17) is 10.7 Å². The molecule has 0 saturated carbocycles. The van der Waals surface area contributed by atoms with Gasteiger partial charge in [0, 0.05) is 10.9 Å². The highest BCUT2D eigenvalue weighted by molar-refractivity contribution is 6.01. The highest BCUT2D eigenvalue weighted by atomic mass is 14.7. The summed E-state index contributed by atoms with van der Waals surface area (Å²) in [6.07, 6.45) is 13.1. The minimum absolute atomic E-state index is 0.862. The smallest absolute Gasteiger partial charge is 0.0733 e. The number of fused-ring (bicyclic) bond motifs is 4. The van der Waals surface area contributed by atoms with Gasteiger partial charge in [-0.25, -0.2) is 4.98 Å². The van der Waals surface area contributed by atoms with Crippen molar-refractivity contribution in [2.75, 3.05) is 5.73 Å². The van der Waals surface area contributed by atoms with Gasteiger partial charge in [-0.2, -0.15) is 0 Å². The third kappa shape index (κ3) is 1.26. The number of nitrogens with two attached hydrogens (primary N) is 1. The van der Waals surface area contributed by atoms with E-state index in [1.807, 2.05) is 36.5 Å². The zero-order valence-electron chi connectivity index (χ0n) is 9.85. The van der Waals surface area contributed by atoms with Crippen molar-refractivity contribution in [1.29, 1.82) is 0 Å². The van der Waals surface area contributed by atoms with Crippen LogP contribution in [0.2, 0.25) is 0 Å². The molecule has 4 rings (SSSR count). The van der Waals surface area contributed by atoms with E-state index in [9.17, 15) is 0 Å². The first-order valence-electron chi connectivity index (χ1n) is 6.10. The van der Waals surface area contributed by atoms with Crippen molar-refractivity contribution in [3.05, 3.63) is 58.8 Å². The molecule has 0 fully saturated rings. The normalized spacial score (nSPS) is 15.1. The van der Waals surface area contributed by atoms with Crippen LogP contribution >= 0.6 is 0 Å². The summed E-state index contributed by atoms with van der Waals surface area (Å²) in [5.41, 5.74) is 13.0. The lowest BCUT2D eigenvalue weighted by molar-refractivity contribution is 1.36. The Balaban J connectivity index is 2.13. The van der Waals surface area contributed by atoms with Gasteiger partial charge >= 0.3 is 0 Å². The summed E-state index contributed by atoms with van der Waals surface area (Å²) in [7, 11) is 0. The lowest BCUT2D eigenvalue weighted by Gasteiger charge is -2.09. The number of hydrogen-bond donors (Lipinski definition) is 1. The van der Waals surface area contributed by atoms with Crippen molar-refractivity contribution in [3.63, 3.8) is 0 Å². The van der Waals surface area contributed by atoms with Crippen LogP contribution in [0.4, 0.5) is 5.69 Å². The maximum absolute atomic E-state index is 6.35. The summed E-state index contributed by atoms with van der Waals surface area (Å²) in [5.74, 6) is 0. The molecule has 0 saturated heterocycles. The molecule has 2 aromatic rings. The summed E-state index contributed by atoms with van der Waals surface area (Å²) in [6.45, 7) is 0. The number of nitrogen functional groups attached to an aromatic ring is 1. The summed E-state index contributed by atoms with van der Waals surface area (Å²) in [6, 6.07) is 4.23. The molecular weight excluding hydrogens is 220 g/mol. The number of hydrogen-bond acceptors (Lipinski definition) is 2. The van der Waals surface area contributed by atoms with E-state index in [2.05, 4.69) is 12.1 Å². The first kappa shape index (κ1) is 9.66. The van der Waals surface area contributed by atoms with Gasteiger partial charge in [0.2, 0.25) is 0 Å². The quantitative estimate of drug-likeness (QED) is 0.645. The van der Waals surface area contributed by atoms with Crippen LogP contribution in [0.25, 0.3) is 23.1 Å². The number of aromatic nitrogens is 1. The largest absolute Gasteiger partial charge is 0.398 e. The third-order valence-electron chi connectivity index (χ3n) is 3.56. The zero-order chi connectivity index (χ0) is 12.1. The number of benzene rings is 1. The molecule has 2 nitrogen and oxygen atoms in total. The SMILES string of the molecule is Nc1c2c(nc3ccc4c(c13)C4)C=CC=CC=C2. The van der Waals surface area contributed by atoms with Crippen LogP contribution in [-0.4, -0.2) is 4.98 Å². The fourth-order valence-corrected chi connectivity index (χ4v) is 2.56. The molecule has 2 aliphatic rings. The van der Waals surface area contributed by atoms with Gasteiger partial charge in [-0.05, 0) is 29.7 Å². The van der Waals surface area contributed by atoms with Crippen LogP contribution in [-0.2, 0) is 6.42 Å². The topological polar surface area (TPSA) is 38.9 Å². The second-order valence-corrected chi connectivity index (χ2v) is 4.70. The van der Waals surface area contributed by atoms with Gasteiger partial charge in [-0.1, -0.05) is 36.4 Å². The predicted molar refractivity (Wildman–Crippen MR) is 76.2 cm³/mol. The standard InChI is InChI=1S/C16H12N2/c17-16-11-5-3-1-2-4-6-13(11)18-14-8-7-10-9-12(10)15(14)16/h1-8H,9H2,(H2,17,18). The van der Waals surface area contributed by atoms with Crippen LogP contribution in [0.5, 0.6) is 0 Å². The number of rotatable bonds is 0. The molecule has 18 heavy (non-hydrogen) atoms. The lowest BCUT2D eigenvalue weighted by Crippen LogP contribution is -1.98. The van der Waals surface area contributed by atoms with Crippen molar-refractivity contribution in [3.8, 4) is 0 Å². The van der Waals surface area contributed by atoms with Crippen LogP contribution in [0.3, 0.4) is 0 Å². The Labute approximate surface area is 105 Å². The average Bonchev–Trinajstić information content (AvgIpc) is 3.10. The van der Waals surface area contributed by atoms with Crippen molar-refractivity contribution in [2.24, 2.45) is 0 Å². The van der Waals surface area contributed by atoms with Crippen molar-refractivity contribution >= 4 is 28.7 Å². The molecule has 2 heteroatoms. The highest BCUT2D eigenvalue weighted by Crippen LogP contribution is 2.40. The van der Waals surface area contributed by atoms with Crippen molar-refractivity contribution in [1.82, 2.24) is 4.98 Å². The van der Waals surface area contributed by atoms with E-state index >= 15 is 0 Å². The molecular formula is C16H12N2. The summed E-state index contributed by atoms with van der Waals surface area (Å²) >= 11 is 0. The fourth-order valence-electron chi connectivity index (χ4n) is 2.56. The molecule has 1 aromatic carbocycles. The van der Waals surface area contributed by atoms with E-state index in [0.717, 1.165) is 34.3 Å². The Bertz CT molecular complexity index is 764. The maximum atomic E-state index is 6.35. The second kappa shape index (κ2) is 3.33. The molecule has 0 bridgehead atoms. The van der Waals surface area contributed by atoms with Gasteiger partial charge in [-0.3, -0.25) is 0 Å². The van der Waals surface area contributed by atoms with E-state index in [1.165, 1.54) is 11.1 Å². The van der Waals surface area contributed by atoms with Gasteiger partial charge < -0.3 is 5.73 Å². The van der Waals surface area contributed by atoms with Crippen molar-refractivity contribution in [2.45, 2.75) is 6.42 Å². The molecule has 0 spiro atoms. The summed E-state index contributed by atoms with van der Waals surface area (Å²) in [4.78, 5) is 4.72. The van der Waals surface area contributed by atoms with Crippen molar-refractivity contribution < 1.29 is 0 Å². The molecule has 0 amide bonds. The molecule has 0 aliphatic heterocycles. The van der Waals surface area contributed by atoms with Gasteiger partial charge in [0.1, 0.15) is 0 Å². The predicted octanol–water partition coefficient (Wildman–Crippen LogP) is 3.32. The Hall–Kier alpha value is -2.35. The third-order valence-corrected chi connectivity index (χ3v) is 3.56. The molecule has 1 aromatic heterocycles. The van der Waals surface area contributed by atoms with Gasteiger partial charge in [0.05, 0.1) is 16.9 Å². The lowest BCUT2D eigenvalue weighted by atomic mass is 10.0. The molecule has 2 aliphatic carbocycles. The monoisotopic (exact) mass is 232 g/mol. The highest BCUT2D eigenvalue weighted by Gasteiger charge is 2.23. The summed E-state index contributed by atoms with van der Waals surface area (Å²) < 4.78 is 0. The summed E-state index contributed by atoms with van der Waals surface area (Å²) in [5, 5.41) is 1.15. The van der Waals surface area contributed by atoms with Crippen LogP contribution in [0.15, 0.2) is 36.4 Å². The maximum Gasteiger partial charge on any atom is 0.0733 e. The number of pyridine rings is 1. The Morgan fingerprint density at radius 3 is 2.72 bits per heavy atom. The molecule has 0 radical (unpaired) electrons. The Morgan fingerprint density at radius 1 is 1.00 bits per heavy atom. The molecule has 1 heterocycles. The van der Waals surface area contributed by atoms with Gasteiger partial charge in [-0.15, -0.1) is 0 Å². The van der Waals surface area contributed by atoms with Gasteiger partial charge in [0.25, 0.3) is 0 Å². The van der Waals surface area contributed by atoms with E-state index in [-0.39, 0.29) is 0 Å². The first-order valence-corrected chi connectivity index (χ1v) is 6.10. The van der Waals surface area contributed by atoms with Crippen LogP contribution in [0, 0.1) is 0 Å². The first-order chi connectivity index (χ1) is 8.84. The molecule has 0 atom stereocenters. The van der Waals surface area contributed by atoms with E-state index in [0.29, 0.717) is 0 Å². The Kier molecular flexibility index (Phi) is 1.78. The minimum atomic E-state index is 0.862. The number of anilines is 1. The molecule has 86 valence electrons.